The average molecular weight is 384 g/mol. The Hall–Kier alpha value is -2.63. The molecule has 1 aromatic heterocycles. The minimum atomic E-state index is -0.429. The Balaban J connectivity index is 1.39. The van der Waals surface area contributed by atoms with Gasteiger partial charge in [0.2, 0.25) is 0 Å². The fourth-order valence-corrected chi connectivity index (χ4v) is 3.48. The van der Waals surface area contributed by atoms with Crippen molar-refractivity contribution in [3.05, 3.63) is 41.9 Å². The zero-order valence-corrected chi connectivity index (χ0v) is 16.6. The van der Waals surface area contributed by atoms with Crippen LogP contribution in [-0.2, 0) is 20.7 Å². The van der Waals surface area contributed by atoms with Crippen LogP contribution >= 0.6 is 0 Å². The van der Waals surface area contributed by atoms with Crippen molar-refractivity contribution in [3.63, 3.8) is 0 Å². The van der Waals surface area contributed by atoms with Gasteiger partial charge in [-0.3, -0.25) is 9.59 Å². The van der Waals surface area contributed by atoms with Gasteiger partial charge in [-0.2, -0.15) is 0 Å². The van der Waals surface area contributed by atoms with E-state index in [9.17, 15) is 9.59 Å². The van der Waals surface area contributed by atoms with Gasteiger partial charge in [-0.25, -0.2) is 4.98 Å². The highest BCUT2D eigenvalue weighted by molar-refractivity contribution is 5.80. The van der Waals surface area contributed by atoms with Crippen LogP contribution in [0.1, 0.15) is 50.5 Å². The van der Waals surface area contributed by atoms with Crippen LogP contribution in [0, 0.1) is 12.8 Å². The molecule has 2 atom stereocenters. The van der Waals surface area contributed by atoms with E-state index in [1.165, 1.54) is 12.0 Å². The van der Waals surface area contributed by atoms with Crippen molar-refractivity contribution in [3.8, 4) is 11.3 Å². The van der Waals surface area contributed by atoms with E-state index in [1.54, 1.807) is 6.20 Å². The summed E-state index contributed by atoms with van der Waals surface area (Å²) in [7, 11) is 0. The first-order chi connectivity index (χ1) is 13.5. The minimum Gasteiger partial charge on any atom is -0.456 e. The van der Waals surface area contributed by atoms with E-state index in [-0.39, 0.29) is 25.0 Å². The molecule has 6 nitrogen and oxygen atoms in total. The van der Waals surface area contributed by atoms with E-state index in [0.717, 1.165) is 24.8 Å². The van der Waals surface area contributed by atoms with Crippen LogP contribution in [0.2, 0.25) is 0 Å². The molecule has 1 aromatic carbocycles. The molecule has 0 bridgehead atoms. The molecule has 1 saturated carbocycles. The van der Waals surface area contributed by atoms with E-state index < -0.39 is 5.97 Å². The van der Waals surface area contributed by atoms with Crippen molar-refractivity contribution < 1.29 is 18.7 Å². The average Bonchev–Trinajstić information content (AvgIpc) is 3.16. The Morgan fingerprint density at radius 3 is 2.71 bits per heavy atom. The maximum absolute atomic E-state index is 12.0. The summed E-state index contributed by atoms with van der Waals surface area (Å²) in [6.07, 6.45) is 6.60. The van der Waals surface area contributed by atoms with Gasteiger partial charge in [0.1, 0.15) is 0 Å². The van der Waals surface area contributed by atoms with Crippen molar-refractivity contribution in [1.82, 2.24) is 10.3 Å². The highest BCUT2D eigenvalue weighted by Crippen LogP contribution is 2.23. The van der Waals surface area contributed by atoms with Crippen LogP contribution in [0.3, 0.4) is 0 Å². The lowest BCUT2D eigenvalue weighted by Crippen LogP contribution is -2.42. The van der Waals surface area contributed by atoms with Crippen molar-refractivity contribution in [2.24, 2.45) is 5.92 Å². The topological polar surface area (TPSA) is 81.4 Å². The number of carbonyl (C=O) groups is 2. The first-order valence-electron chi connectivity index (χ1n) is 9.98. The smallest absolute Gasteiger partial charge is 0.306 e. The number of benzene rings is 1. The molecule has 0 saturated heterocycles. The van der Waals surface area contributed by atoms with Crippen molar-refractivity contribution in [1.29, 1.82) is 0 Å². The van der Waals surface area contributed by atoms with Gasteiger partial charge < -0.3 is 14.5 Å². The van der Waals surface area contributed by atoms with Crippen molar-refractivity contribution in [2.45, 2.75) is 58.4 Å². The number of oxazole rings is 1. The zero-order chi connectivity index (χ0) is 19.9. The summed E-state index contributed by atoms with van der Waals surface area (Å²) in [5, 5.41) is 2.98. The number of rotatable bonds is 7. The molecule has 1 amide bonds. The predicted molar refractivity (Wildman–Crippen MR) is 106 cm³/mol. The van der Waals surface area contributed by atoms with Gasteiger partial charge in [-0.1, -0.05) is 49.6 Å². The molecule has 1 heterocycles. The summed E-state index contributed by atoms with van der Waals surface area (Å²) >= 11 is 0. The molecule has 1 aliphatic rings. The highest BCUT2D eigenvalue weighted by Gasteiger charge is 2.23. The molecule has 2 aromatic rings. The van der Waals surface area contributed by atoms with Crippen LogP contribution in [0.15, 0.2) is 34.9 Å². The highest BCUT2D eigenvalue weighted by atomic mass is 16.5. The fraction of sp³-hybridized carbons (Fsp3) is 0.500. The molecule has 1 N–H and O–H groups in total. The van der Waals surface area contributed by atoms with E-state index in [2.05, 4.69) is 17.2 Å². The lowest BCUT2D eigenvalue weighted by atomic mass is 9.86. The molecular weight excluding hydrogens is 356 g/mol. The van der Waals surface area contributed by atoms with Crippen molar-refractivity contribution in [2.75, 3.05) is 6.61 Å². The summed E-state index contributed by atoms with van der Waals surface area (Å²) in [4.78, 5) is 28.1. The number of esters is 1. The molecule has 1 fully saturated rings. The van der Waals surface area contributed by atoms with Gasteiger partial charge in [-0.15, -0.1) is 0 Å². The third-order valence-electron chi connectivity index (χ3n) is 5.25. The van der Waals surface area contributed by atoms with Crippen molar-refractivity contribution >= 4 is 11.9 Å². The SMILES string of the molecule is Cc1ccc(-c2cnc(CCC(=O)OCC(=O)N[C@@H]3CCCC[C@@H]3C)o2)cc1. The monoisotopic (exact) mass is 384 g/mol. The number of hydrogen-bond acceptors (Lipinski definition) is 5. The molecular formula is C22H28N2O4. The van der Waals surface area contributed by atoms with Gasteiger partial charge in [0.05, 0.1) is 12.6 Å². The number of hydrogen-bond donors (Lipinski definition) is 1. The number of ether oxygens (including phenoxy) is 1. The quantitative estimate of drug-likeness (QED) is 0.734. The molecule has 0 aliphatic heterocycles. The molecule has 1 aliphatic carbocycles. The minimum absolute atomic E-state index is 0.126. The van der Waals surface area contributed by atoms with Crippen LogP contribution in [0.4, 0.5) is 0 Å². The number of aryl methyl sites for hydroxylation is 2. The van der Waals surface area contributed by atoms with Gasteiger partial charge in [0, 0.05) is 18.0 Å². The van der Waals surface area contributed by atoms with Gasteiger partial charge >= 0.3 is 5.97 Å². The lowest BCUT2D eigenvalue weighted by molar-refractivity contribution is -0.148. The molecule has 6 heteroatoms. The van der Waals surface area contributed by atoms with E-state index in [1.807, 2.05) is 31.2 Å². The fourth-order valence-electron chi connectivity index (χ4n) is 3.48. The Bertz CT molecular complexity index is 797. The number of nitrogens with one attached hydrogen (secondary N) is 1. The van der Waals surface area contributed by atoms with E-state index in [4.69, 9.17) is 9.15 Å². The van der Waals surface area contributed by atoms with Gasteiger partial charge in [0.25, 0.3) is 5.91 Å². The number of nitrogens with zero attached hydrogens (tertiary/aromatic N) is 1. The maximum Gasteiger partial charge on any atom is 0.306 e. The van der Waals surface area contributed by atoms with Crippen LogP contribution < -0.4 is 5.32 Å². The second-order valence-corrected chi connectivity index (χ2v) is 7.58. The normalized spacial score (nSPS) is 19.2. The summed E-state index contributed by atoms with van der Waals surface area (Å²) < 4.78 is 10.8. The third kappa shape index (κ3) is 5.68. The molecule has 0 radical (unpaired) electrons. The predicted octanol–water partition coefficient (Wildman–Crippen LogP) is 3.82. The maximum atomic E-state index is 12.0. The second kappa shape index (κ2) is 9.53. The van der Waals surface area contributed by atoms with Gasteiger partial charge in [0.15, 0.2) is 18.3 Å². The summed E-state index contributed by atoms with van der Waals surface area (Å²) in [6, 6.07) is 8.15. The van der Waals surface area contributed by atoms with Crippen LogP contribution in [0.25, 0.3) is 11.3 Å². The Kier molecular flexibility index (Phi) is 6.85. The van der Waals surface area contributed by atoms with Crippen LogP contribution in [0.5, 0.6) is 0 Å². The number of aromatic nitrogens is 1. The Morgan fingerprint density at radius 1 is 1.21 bits per heavy atom. The summed E-state index contributed by atoms with van der Waals surface area (Å²) in [5.74, 6) is 0.963. The third-order valence-corrected chi connectivity index (χ3v) is 5.25. The Labute approximate surface area is 165 Å². The van der Waals surface area contributed by atoms with Gasteiger partial charge in [-0.05, 0) is 25.7 Å². The molecule has 0 unspecified atom stereocenters. The van der Waals surface area contributed by atoms with Crippen LogP contribution in [-0.4, -0.2) is 29.5 Å². The lowest BCUT2D eigenvalue weighted by Gasteiger charge is -2.29. The van der Waals surface area contributed by atoms with E-state index in [0.29, 0.717) is 24.0 Å². The number of carbonyl (C=O) groups excluding carboxylic acids is 2. The Morgan fingerprint density at radius 2 is 1.96 bits per heavy atom. The zero-order valence-electron chi connectivity index (χ0n) is 16.6. The number of amides is 1. The molecule has 28 heavy (non-hydrogen) atoms. The molecule has 3 rings (SSSR count). The molecule has 150 valence electrons. The standard InChI is InChI=1S/C22H28N2O4/c1-15-7-9-17(10-8-15)19-13-23-21(28-19)11-12-22(26)27-14-20(25)24-18-6-4-3-5-16(18)2/h7-10,13,16,18H,3-6,11-12,14H2,1-2H3,(H,24,25)/t16-,18+/m0/s1. The summed E-state index contributed by atoms with van der Waals surface area (Å²) in [5.41, 5.74) is 2.12. The molecule has 0 spiro atoms. The largest absolute Gasteiger partial charge is 0.456 e. The first-order valence-corrected chi connectivity index (χ1v) is 9.98. The first kappa shape index (κ1) is 20.1. The summed E-state index contributed by atoms with van der Waals surface area (Å²) in [6.45, 7) is 3.94. The van der Waals surface area contributed by atoms with E-state index >= 15 is 0 Å². The second-order valence-electron chi connectivity index (χ2n) is 7.58.